The molecule has 0 unspecified atom stereocenters. The van der Waals surface area contributed by atoms with E-state index in [9.17, 15) is 8.42 Å². The molecule has 20 heavy (non-hydrogen) atoms. The minimum absolute atomic E-state index is 0.0225. The highest BCUT2D eigenvalue weighted by Crippen LogP contribution is 2.20. The lowest BCUT2D eigenvalue weighted by atomic mass is 10.2. The number of nitrogens with two attached hydrogens (primary N) is 1. The Hall–Kier alpha value is -0.960. The number of hydrogen-bond acceptors (Lipinski definition) is 5. The summed E-state index contributed by atoms with van der Waals surface area (Å²) in [4.78, 5) is 0. The van der Waals surface area contributed by atoms with Crippen LogP contribution in [0, 0.1) is 12.8 Å². The zero-order valence-electron chi connectivity index (χ0n) is 12.5. The maximum atomic E-state index is 12.7. The summed E-state index contributed by atoms with van der Waals surface area (Å²) in [6.07, 6.45) is 0. The van der Waals surface area contributed by atoms with Crippen molar-refractivity contribution >= 4 is 10.0 Å². The molecule has 0 atom stereocenters. The molecule has 1 heterocycles. The molecule has 0 saturated heterocycles. The summed E-state index contributed by atoms with van der Waals surface area (Å²) in [5, 5.41) is 6.63. The Bertz CT molecular complexity index is 525. The highest BCUT2D eigenvalue weighted by molar-refractivity contribution is 7.89. The van der Waals surface area contributed by atoms with Crippen molar-refractivity contribution in [3.05, 3.63) is 11.3 Å². The van der Waals surface area contributed by atoms with E-state index >= 15 is 0 Å². The van der Waals surface area contributed by atoms with Crippen LogP contribution in [0.1, 0.15) is 25.1 Å². The van der Waals surface area contributed by atoms with Gasteiger partial charge in [0.2, 0.25) is 0 Å². The average Bonchev–Trinajstić information content (AvgIpc) is 2.75. The van der Waals surface area contributed by atoms with Crippen LogP contribution in [0.5, 0.6) is 0 Å². The molecule has 1 aromatic heterocycles. The number of H-pyrrole nitrogens is 1. The van der Waals surface area contributed by atoms with Gasteiger partial charge in [0.1, 0.15) is 0 Å². The lowest BCUT2D eigenvalue weighted by Gasteiger charge is -2.23. The van der Waals surface area contributed by atoms with Gasteiger partial charge >= 0.3 is 0 Å². The molecule has 7 nitrogen and oxygen atoms in total. The molecule has 0 aromatic carbocycles. The summed E-state index contributed by atoms with van der Waals surface area (Å²) in [6, 6.07) is 0. The predicted molar refractivity (Wildman–Crippen MR) is 76.7 cm³/mol. The van der Waals surface area contributed by atoms with Crippen molar-refractivity contribution in [1.82, 2.24) is 14.5 Å². The number of methoxy groups -OCH3 is 1. The van der Waals surface area contributed by atoms with Gasteiger partial charge in [-0.2, -0.15) is 9.40 Å². The quantitative estimate of drug-likeness (QED) is 0.727. The molecule has 1 aromatic rings. The highest BCUT2D eigenvalue weighted by Gasteiger charge is 2.30. The first-order valence-corrected chi connectivity index (χ1v) is 8.01. The predicted octanol–water partition coefficient (Wildman–Crippen LogP) is 0.470. The number of sulfonamides is 1. The van der Waals surface area contributed by atoms with Crippen LogP contribution >= 0.6 is 0 Å². The SMILES string of the molecule is COCCN(CC(C)C)S(=O)(=O)c1n[nH]c(C)c1CN. The van der Waals surface area contributed by atoms with Crippen molar-refractivity contribution < 1.29 is 13.2 Å². The smallest absolute Gasteiger partial charge is 0.262 e. The second-order valence-corrected chi connectivity index (χ2v) is 6.94. The molecule has 116 valence electrons. The molecule has 3 N–H and O–H groups in total. The zero-order chi connectivity index (χ0) is 15.3. The van der Waals surface area contributed by atoms with Crippen LogP contribution in [0.15, 0.2) is 5.03 Å². The van der Waals surface area contributed by atoms with Gasteiger partial charge in [-0.05, 0) is 12.8 Å². The molecule has 0 saturated carbocycles. The van der Waals surface area contributed by atoms with E-state index < -0.39 is 10.0 Å². The second kappa shape index (κ2) is 7.16. The summed E-state index contributed by atoms with van der Waals surface area (Å²) in [5.41, 5.74) is 6.85. The lowest BCUT2D eigenvalue weighted by molar-refractivity contribution is 0.175. The molecule has 0 fully saturated rings. The summed E-state index contributed by atoms with van der Waals surface area (Å²) >= 11 is 0. The van der Waals surface area contributed by atoms with E-state index in [0.29, 0.717) is 31.0 Å². The number of aryl methyl sites for hydroxylation is 1. The minimum atomic E-state index is -3.66. The molecule has 0 aliphatic carbocycles. The van der Waals surface area contributed by atoms with Crippen LogP contribution in [0.2, 0.25) is 0 Å². The van der Waals surface area contributed by atoms with E-state index in [1.807, 2.05) is 13.8 Å². The average molecular weight is 304 g/mol. The van der Waals surface area contributed by atoms with Gasteiger partial charge in [0.15, 0.2) is 5.03 Å². The molecule has 0 aliphatic heterocycles. The molecule has 1 rings (SSSR count). The molecular formula is C12H24N4O3S. The zero-order valence-corrected chi connectivity index (χ0v) is 13.3. The van der Waals surface area contributed by atoms with Gasteiger partial charge < -0.3 is 10.5 Å². The Morgan fingerprint density at radius 1 is 1.45 bits per heavy atom. The largest absolute Gasteiger partial charge is 0.383 e. The Morgan fingerprint density at radius 3 is 2.60 bits per heavy atom. The van der Waals surface area contributed by atoms with Crippen molar-refractivity contribution in [2.24, 2.45) is 11.7 Å². The van der Waals surface area contributed by atoms with Crippen molar-refractivity contribution in [2.45, 2.75) is 32.3 Å². The van der Waals surface area contributed by atoms with Gasteiger partial charge in [-0.3, -0.25) is 5.10 Å². The molecular weight excluding hydrogens is 280 g/mol. The topological polar surface area (TPSA) is 101 Å². The first-order chi connectivity index (χ1) is 9.34. The Morgan fingerprint density at radius 2 is 2.10 bits per heavy atom. The molecule has 8 heteroatoms. The maximum Gasteiger partial charge on any atom is 0.262 e. The van der Waals surface area contributed by atoms with Gasteiger partial charge in [-0.25, -0.2) is 8.42 Å². The fourth-order valence-electron chi connectivity index (χ4n) is 1.92. The van der Waals surface area contributed by atoms with Crippen molar-refractivity contribution in [1.29, 1.82) is 0 Å². The summed E-state index contributed by atoms with van der Waals surface area (Å²) < 4.78 is 31.8. The number of aromatic nitrogens is 2. The van der Waals surface area contributed by atoms with E-state index in [-0.39, 0.29) is 17.5 Å². The van der Waals surface area contributed by atoms with E-state index in [1.54, 1.807) is 14.0 Å². The summed E-state index contributed by atoms with van der Waals surface area (Å²) in [6.45, 7) is 6.89. The van der Waals surface area contributed by atoms with Crippen LogP contribution in [0.25, 0.3) is 0 Å². The number of aromatic amines is 1. The number of ether oxygens (including phenoxy) is 1. The van der Waals surface area contributed by atoms with Crippen LogP contribution in [0.4, 0.5) is 0 Å². The van der Waals surface area contributed by atoms with Gasteiger partial charge in [-0.1, -0.05) is 13.8 Å². The number of nitrogens with zero attached hydrogens (tertiary/aromatic N) is 2. The number of nitrogens with one attached hydrogen (secondary N) is 1. The van der Waals surface area contributed by atoms with Crippen LogP contribution in [-0.2, 0) is 21.3 Å². The van der Waals surface area contributed by atoms with E-state index in [0.717, 1.165) is 0 Å². The first-order valence-electron chi connectivity index (χ1n) is 6.57. The fraction of sp³-hybridized carbons (Fsp3) is 0.750. The van der Waals surface area contributed by atoms with E-state index in [4.69, 9.17) is 10.5 Å². The fourth-order valence-corrected chi connectivity index (χ4v) is 3.68. The van der Waals surface area contributed by atoms with E-state index in [1.165, 1.54) is 4.31 Å². The molecule has 0 amide bonds. The summed E-state index contributed by atoms with van der Waals surface area (Å²) in [5.74, 6) is 0.211. The monoisotopic (exact) mass is 304 g/mol. The minimum Gasteiger partial charge on any atom is -0.383 e. The van der Waals surface area contributed by atoms with Gasteiger partial charge in [-0.15, -0.1) is 0 Å². The Kier molecular flexibility index (Phi) is 6.12. The lowest BCUT2D eigenvalue weighted by Crippen LogP contribution is -2.37. The first kappa shape index (κ1) is 17.1. The third kappa shape index (κ3) is 3.78. The Labute approximate surface area is 120 Å². The van der Waals surface area contributed by atoms with Gasteiger partial charge in [0.25, 0.3) is 10.0 Å². The van der Waals surface area contributed by atoms with Crippen LogP contribution < -0.4 is 5.73 Å². The third-order valence-electron chi connectivity index (χ3n) is 2.94. The van der Waals surface area contributed by atoms with Crippen molar-refractivity contribution in [2.75, 3.05) is 26.8 Å². The number of hydrogen-bond donors (Lipinski definition) is 2. The van der Waals surface area contributed by atoms with Gasteiger partial charge in [0, 0.05) is 38.0 Å². The second-order valence-electron chi connectivity index (χ2n) is 5.09. The standard InChI is InChI=1S/C12H24N4O3S/c1-9(2)8-16(5-6-19-4)20(17,18)12-11(7-13)10(3)14-15-12/h9H,5-8,13H2,1-4H3,(H,14,15). The van der Waals surface area contributed by atoms with Crippen molar-refractivity contribution in [3.8, 4) is 0 Å². The third-order valence-corrected chi connectivity index (χ3v) is 4.78. The van der Waals surface area contributed by atoms with Crippen molar-refractivity contribution in [3.63, 3.8) is 0 Å². The molecule has 0 radical (unpaired) electrons. The molecule has 0 aliphatic rings. The molecule has 0 bridgehead atoms. The number of rotatable bonds is 8. The Balaban J connectivity index is 3.14. The maximum absolute atomic E-state index is 12.7. The van der Waals surface area contributed by atoms with Crippen LogP contribution in [-0.4, -0.2) is 49.7 Å². The normalized spacial score (nSPS) is 12.6. The van der Waals surface area contributed by atoms with Crippen LogP contribution in [0.3, 0.4) is 0 Å². The van der Waals surface area contributed by atoms with E-state index in [2.05, 4.69) is 10.2 Å². The highest BCUT2D eigenvalue weighted by atomic mass is 32.2. The summed E-state index contributed by atoms with van der Waals surface area (Å²) in [7, 11) is -2.11. The van der Waals surface area contributed by atoms with Gasteiger partial charge in [0.05, 0.1) is 6.61 Å². The molecule has 0 spiro atoms.